The molecule has 0 unspecified atom stereocenters. The third-order valence-electron chi connectivity index (χ3n) is 3.85. The van der Waals surface area contributed by atoms with Gasteiger partial charge in [0.1, 0.15) is 5.82 Å². The van der Waals surface area contributed by atoms with Gasteiger partial charge in [0, 0.05) is 13.0 Å². The molecule has 1 aromatic carbocycles. The molecule has 1 aromatic heterocycles. The van der Waals surface area contributed by atoms with E-state index in [0.29, 0.717) is 5.92 Å². The predicted octanol–water partition coefficient (Wildman–Crippen LogP) is 3.31. The Morgan fingerprint density at radius 1 is 1.41 bits per heavy atom. The number of aryl methyl sites for hydroxylation is 2. The number of aromatic nitrogens is 2. The quantitative estimate of drug-likeness (QED) is 0.823. The van der Waals surface area contributed by atoms with E-state index in [1.54, 1.807) is 0 Å². The number of hydrogen-bond acceptors (Lipinski definition) is 2. The first-order valence-corrected chi connectivity index (χ1v) is 6.99. The van der Waals surface area contributed by atoms with E-state index in [-0.39, 0.29) is 0 Å². The van der Waals surface area contributed by atoms with Crippen molar-refractivity contribution in [1.82, 2.24) is 9.55 Å². The molecule has 0 aliphatic heterocycles. The van der Waals surface area contributed by atoms with Crippen LogP contribution >= 0.6 is 12.6 Å². The lowest BCUT2D eigenvalue weighted by molar-refractivity contribution is 0.395. The lowest BCUT2D eigenvalue weighted by Gasteiger charge is -2.24. The molecule has 0 bridgehead atoms. The molecule has 0 N–H and O–H groups in total. The van der Waals surface area contributed by atoms with E-state index in [9.17, 15) is 0 Å². The zero-order chi connectivity index (χ0) is 11.8. The van der Waals surface area contributed by atoms with Crippen molar-refractivity contribution in [3.63, 3.8) is 0 Å². The van der Waals surface area contributed by atoms with Crippen molar-refractivity contribution in [3.05, 3.63) is 29.6 Å². The van der Waals surface area contributed by atoms with Crippen molar-refractivity contribution in [2.24, 2.45) is 7.05 Å². The Labute approximate surface area is 107 Å². The molecule has 0 radical (unpaired) electrons. The van der Waals surface area contributed by atoms with Gasteiger partial charge in [0.15, 0.2) is 0 Å². The van der Waals surface area contributed by atoms with Crippen molar-refractivity contribution >= 4 is 23.7 Å². The van der Waals surface area contributed by atoms with Crippen LogP contribution < -0.4 is 0 Å². The molecule has 3 heteroatoms. The minimum absolute atomic E-state index is 0.695. The molecule has 0 spiro atoms. The fraction of sp³-hybridized carbons (Fsp3) is 0.500. The van der Waals surface area contributed by atoms with E-state index in [4.69, 9.17) is 4.98 Å². The summed E-state index contributed by atoms with van der Waals surface area (Å²) in [6, 6.07) is 6.61. The maximum atomic E-state index is 4.82. The predicted molar refractivity (Wildman–Crippen MR) is 74.9 cm³/mol. The molecular formula is C14H18N2S. The molecule has 0 saturated heterocycles. The van der Waals surface area contributed by atoms with Crippen LogP contribution in [0.2, 0.25) is 0 Å². The second-order valence-electron chi connectivity index (χ2n) is 4.95. The summed E-state index contributed by atoms with van der Waals surface area (Å²) in [4.78, 5) is 4.82. The maximum Gasteiger partial charge on any atom is 0.112 e. The Balaban J connectivity index is 2.05. The van der Waals surface area contributed by atoms with Crippen molar-refractivity contribution in [3.8, 4) is 0 Å². The first-order valence-electron chi connectivity index (χ1n) is 6.35. The largest absolute Gasteiger partial charge is 0.331 e. The summed E-state index contributed by atoms with van der Waals surface area (Å²) in [6.45, 7) is 0. The smallest absolute Gasteiger partial charge is 0.112 e. The van der Waals surface area contributed by atoms with E-state index in [1.165, 1.54) is 36.2 Å². The Bertz CT molecular complexity index is 540. The number of hydrogen-bond donors (Lipinski definition) is 1. The van der Waals surface area contributed by atoms with Gasteiger partial charge in [-0.15, -0.1) is 0 Å². The van der Waals surface area contributed by atoms with E-state index in [2.05, 4.69) is 42.4 Å². The van der Waals surface area contributed by atoms with Crippen LogP contribution in [0.25, 0.3) is 11.0 Å². The Morgan fingerprint density at radius 2 is 2.24 bits per heavy atom. The molecule has 3 rings (SSSR count). The fourth-order valence-electron chi connectivity index (χ4n) is 2.58. The summed E-state index contributed by atoms with van der Waals surface area (Å²) in [5.74, 6) is 2.86. The van der Waals surface area contributed by atoms with Crippen LogP contribution in [-0.4, -0.2) is 15.3 Å². The Morgan fingerprint density at radius 3 is 2.88 bits per heavy atom. The lowest BCUT2D eigenvalue weighted by atomic mass is 9.85. The van der Waals surface area contributed by atoms with Crippen LogP contribution in [0, 0.1) is 0 Å². The molecule has 2 aromatic rings. The molecular weight excluding hydrogens is 228 g/mol. The second-order valence-corrected chi connectivity index (χ2v) is 5.40. The Kier molecular flexibility index (Phi) is 2.87. The second kappa shape index (κ2) is 4.37. The van der Waals surface area contributed by atoms with Crippen LogP contribution in [0.5, 0.6) is 0 Å². The number of imidazole rings is 1. The summed E-state index contributed by atoms with van der Waals surface area (Å²) in [7, 11) is 2.14. The summed E-state index contributed by atoms with van der Waals surface area (Å²) in [5.41, 5.74) is 3.74. The molecule has 1 saturated carbocycles. The average Bonchev–Trinajstić information content (AvgIpc) is 2.54. The maximum absolute atomic E-state index is 4.82. The van der Waals surface area contributed by atoms with Gasteiger partial charge < -0.3 is 4.57 Å². The van der Waals surface area contributed by atoms with Gasteiger partial charge in [-0.05, 0) is 42.7 Å². The van der Waals surface area contributed by atoms with Gasteiger partial charge in [0.05, 0.1) is 11.0 Å². The fourth-order valence-corrected chi connectivity index (χ4v) is 2.84. The van der Waals surface area contributed by atoms with Crippen molar-refractivity contribution in [1.29, 1.82) is 0 Å². The zero-order valence-electron chi connectivity index (χ0n) is 10.2. The molecule has 0 atom stereocenters. The average molecular weight is 246 g/mol. The van der Waals surface area contributed by atoms with Crippen LogP contribution in [0.1, 0.15) is 36.6 Å². The molecule has 1 aliphatic carbocycles. The van der Waals surface area contributed by atoms with Gasteiger partial charge in [0.25, 0.3) is 0 Å². The number of fused-ring (bicyclic) bond motifs is 1. The molecule has 0 amide bonds. The SMILES string of the molecule is Cn1c(C2CCC2)nc2cc(CCS)ccc21. The third kappa shape index (κ3) is 1.86. The van der Waals surface area contributed by atoms with Crippen molar-refractivity contribution in [2.45, 2.75) is 31.6 Å². The molecule has 1 aliphatic rings. The highest BCUT2D eigenvalue weighted by atomic mass is 32.1. The standard InChI is InChI=1S/C14H18N2S/c1-16-13-6-5-10(7-8-17)9-12(13)15-14(16)11-3-2-4-11/h5-6,9,11,17H,2-4,7-8H2,1H3. The van der Waals surface area contributed by atoms with Crippen LogP contribution in [0.15, 0.2) is 18.2 Å². The Hall–Kier alpha value is -0.960. The summed E-state index contributed by atoms with van der Waals surface area (Å²) in [5, 5.41) is 0. The van der Waals surface area contributed by atoms with Crippen LogP contribution in [0.4, 0.5) is 0 Å². The van der Waals surface area contributed by atoms with Crippen molar-refractivity contribution < 1.29 is 0 Å². The number of rotatable bonds is 3. The van der Waals surface area contributed by atoms with Crippen molar-refractivity contribution in [2.75, 3.05) is 5.75 Å². The minimum atomic E-state index is 0.695. The van der Waals surface area contributed by atoms with Crippen LogP contribution in [-0.2, 0) is 13.5 Å². The third-order valence-corrected chi connectivity index (χ3v) is 4.07. The van der Waals surface area contributed by atoms with Gasteiger partial charge in [-0.3, -0.25) is 0 Å². The van der Waals surface area contributed by atoms with Gasteiger partial charge in [-0.25, -0.2) is 4.98 Å². The number of nitrogens with zero attached hydrogens (tertiary/aromatic N) is 2. The highest BCUT2D eigenvalue weighted by molar-refractivity contribution is 7.80. The van der Waals surface area contributed by atoms with Gasteiger partial charge in [-0.1, -0.05) is 12.5 Å². The molecule has 1 fully saturated rings. The lowest BCUT2D eigenvalue weighted by Crippen LogP contribution is -2.13. The molecule has 17 heavy (non-hydrogen) atoms. The summed E-state index contributed by atoms with van der Waals surface area (Å²) < 4.78 is 2.27. The van der Waals surface area contributed by atoms with E-state index < -0.39 is 0 Å². The van der Waals surface area contributed by atoms with E-state index >= 15 is 0 Å². The van der Waals surface area contributed by atoms with Gasteiger partial charge in [-0.2, -0.15) is 12.6 Å². The van der Waals surface area contributed by atoms with Gasteiger partial charge >= 0.3 is 0 Å². The van der Waals surface area contributed by atoms with E-state index in [0.717, 1.165) is 17.7 Å². The molecule has 2 nitrogen and oxygen atoms in total. The zero-order valence-corrected chi connectivity index (χ0v) is 11.1. The minimum Gasteiger partial charge on any atom is -0.331 e. The monoisotopic (exact) mass is 246 g/mol. The van der Waals surface area contributed by atoms with Crippen LogP contribution in [0.3, 0.4) is 0 Å². The molecule has 1 heterocycles. The first-order chi connectivity index (χ1) is 8.29. The molecule has 90 valence electrons. The van der Waals surface area contributed by atoms with Gasteiger partial charge in [0.2, 0.25) is 0 Å². The first kappa shape index (κ1) is 11.1. The topological polar surface area (TPSA) is 17.8 Å². The summed E-state index contributed by atoms with van der Waals surface area (Å²) in [6.07, 6.45) is 4.99. The van der Waals surface area contributed by atoms with E-state index in [1.807, 2.05) is 0 Å². The number of thiol groups is 1. The highest BCUT2D eigenvalue weighted by Crippen LogP contribution is 2.36. The number of benzene rings is 1. The normalized spacial score (nSPS) is 16.4. The highest BCUT2D eigenvalue weighted by Gasteiger charge is 2.24. The summed E-state index contributed by atoms with van der Waals surface area (Å²) >= 11 is 4.28.